The molecule has 1 heterocycles. The van der Waals surface area contributed by atoms with Crippen molar-refractivity contribution in [2.24, 2.45) is 7.05 Å². The Morgan fingerprint density at radius 2 is 2.50 bits per heavy atom. The van der Waals surface area contributed by atoms with Crippen molar-refractivity contribution in [2.45, 2.75) is 25.3 Å². The minimum Gasteiger partial charge on any atom is -0.321 e. The molecule has 0 amide bonds. The van der Waals surface area contributed by atoms with Gasteiger partial charge >= 0.3 is 0 Å². The van der Waals surface area contributed by atoms with Crippen molar-refractivity contribution >= 4 is 0 Å². The van der Waals surface area contributed by atoms with E-state index in [1.54, 1.807) is 6.33 Å². The maximum absolute atomic E-state index is 4.01. The zero-order valence-electron chi connectivity index (χ0n) is 7.32. The normalized spacial score (nSPS) is 16.8. The van der Waals surface area contributed by atoms with E-state index in [-0.39, 0.29) is 0 Å². The van der Waals surface area contributed by atoms with Crippen LogP contribution >= 0.6 is 0 Å². The van der Waals surface area contributed by atoms with Crippen LogP contribution in [0.3, 0.4) is 0 Å². The van der Waals surface area contributed by atoms with Crippen LogP contribution in [0.2, 0.25) is 0 Å². The molecule has 0 atom stereocenters. The van der Waals surface area contributed by atoms with Crippen molar-refractivity contribution in [1.82, 2.24) is 20.1 Å². The van der Waals surface area contributed by atoms with Crippen molar-refractivity contribution in [2.75, 3.05) is 6.54 Å². The Hall–Kier alpha value is -0.900. The highest BCUT2D eigenvalue weighted by atomic mass is 15.2. The van der Waals surface area contributed by atoms with Gasteiger partial charge in [-0.2, -0.15) is 0 Å². The summed E-state index contributed by atoms with van der Waals surface area (Å²) in [5.74, 6) is 1.06. The molecule has 1 aromatic rings. The smallest absolute Gasteiger partial charge is 0.133 e. The molecular formula is C8H14N4. The Morgan fingerprint density at radius 3 is 3.08 bits per heavy atom. The topological polar surface area (TPSA) is 42.7 Å². The summed E-state index contributed by atoms with van der Waals surface area (Å²) in [6.07, 6.45) is 5.41. The van der Waals surface area contributed by atoms with Gasteiger partial charge in [-0.15, -0.1) is 10.2 Å². The van der Waals surface area contributed by atoms with Crippen LogP contribution in [0.25, 0.3) is 0 Å². The van der Waals surface area contributed by atoms with Gasteiger partial charge in [0, 0.05) is 26.1 Å². The molecule has 12 heavy (non-hydrogen) atoms. The quantitative estimate of drug-likeness (QED) is 0.690. The molecule has 4 nitrogen and oxygen atoms in total. The van der Waals surface area contributed by atoms with Gasteiger partial charge in [0.25, 0.3) is 0 Å². The van der Waals surface area contributed by atoms with Crippen molar-refractivity contribution in [3.8, 4) is 0 Å². The molecule has 0 aromatic carbocycles. The van der Waals surface area contributed by atoms with Crippen molar-refractivity contribution in [3.63, 3.8) is 0 Å². The first-order valence-corrected chi connectivity index (χ1v) is 4.42. The van der Waals surface area contributed by atoms with Gasteiger partial charge in [0.2, 0.25) is 0 Å². The average molecular weight is 166 g/mol. The van der Waals surface area contributed by atoms with E-state index in [9.17, 15) is 0 Å². The fourth-order valence-corrected chi connectivity index (χ4v) is 1.21. The third-order valence-electron chi connectivity index (χ3n) is 2.16. The summed E-state index contributed by atoms with van der Waals surface area (Å²) >= 11 is 0. The molecule has 1 N–H and O–H groups in total. The van der Waals surface area contributed by atoms with Crippen molar-refractivity contribution < 1.29 is 0 Å². The van der Waals surface area contributed by atoms with Crippen molar-refractivity contribution in [1.29, 1.82) is 0 Å². The van der Waals surface area contributed by atoms with Crippen LogP contribution in [-0.4, -0.2) is 27.4 Å². The highest BCUT2D eigenvalue weighted by Gasteiger charge is 2.19. The van der Waals surface area contributed by atoms with Gasteiger partial charge in [-0.1, -0.05) is 0 Å². The van der Waals surface area contributed by atoms with E-state index in [1.165, 1.54) is 12.8 Å². The highest BCUT2D eigenvalue weighted by Crippen LogP contribution is 2.18. The van der Waals surface area contributed by atoms with E-state index in [2.05, 4.69) is 15.5 Å². The SMILES string of the molecule is Cn1cnnc1CCNC1CC1. The lowest BCUT2D eigenvalue weighted by Crippen LogP contribution is -2.20. The third kappa shape index (κ3) is 1.82. The first-order valence-electron chi connectivity index (χ1n) is 4.42. The first-order chi connectivity index (χ1) is 5.86. The monoisotopic (exact) mass is 166 g/mol. The number of nitrogens with one attached hydrogen (secondary N) is 1. The summed E-state index contributed by atoms with van der Waals surface area (Å²) in [7, 11) is 1.98. The van der Waals surface area contributed by atoms with Crippen LogP contribution in [-0.2, 0) is 13.5 Å². The van der Waals surface area contributed by atoms with Gasteiger partial charge in [0.1, 0.15) is 12.2 Å². The number of rotatable bonds is 4. The molecule has 0 unspecified atom stereocenters. The summed E-state index contributed by atoms with van der Waals surface area (Å²) in [4.78, 5) is 0. The van der Waals surface area contributed by atoms with Crippen LogP contribution in [0.15, 0.2) is 6.33 Å². The molecule has 0 bridgehead atoms. The van der Waals surface area contributed by atoms with Gasteiger partial charge in [0.15, 0.2) is 0 Å². The van der Waals surface area contributed by atoms with Crippen LogP contribution < -0.4 is 5.32 Å². The number of hydrogen-bond acceptors (Lipinski definition) is 3. The van der Waals surface area contributed by atoms with E-state index < -0.39 is 0 Å². The Bertz CT molecular complexity index is 251. The molecule has 1 aliphatic rings. The predicted molar refractivity (Wildman–Crippen MR) is 45.7 cm³/mol. The maximum Gasteiger partial charge on any atom is 0.133 e. The molecule has 1 aliphatic carbocycles. The second-order valence-corrected chi connectivity index (χ2v) is 3.34. The van der Waals surface area contributed by atoms with E-state index in [1.807, 2.05) is 11.6 Å². The fourth-order valence-electron chi connectivity index (χ4n) is 1.21. The summed E-state index contributed by atoms with van der Waals surface area (Å²) in [6, 6.07) is 0.790. The van der Waals surface area contributed by atoms with Gasteiger partial charge in [0.05, 0.1) is 0 Å². The summed E-state index contributed by atoms with van der Waals surface area (Å²) in [6.45, 7) is 1.02. The van der Waals surface area contributed by atoms with Gasteiger partial charge < -0.3 is 9.88 Å². The Morgan fingerprint density at radius 1 is 1.67 bits per heavy atom. The molecule has 66 valence electrons. The second kappa shape index (κ2) is 3.23. The average Bonchev–Trinajstić information content (AvgIpc) is 2.78. The highest BCUT2D eigenvalue weighted by molar-refractivity contribution is 4.87. The molecular weight excluding hydrogens is 152 g/mol. The van der Waals surface area contributed by atoms with Gasteiger partial charge in [-0.25, -0.2) is 0 Å². The number of aryl methyl sites for hydroxylation is 1. The van der Waals surface area contributed by atoms with E-state index in [4.69, 9.17) is 0 Å². The Balaban J connectivity index is 1.75. The molecule has 0 radical (unpaired) electrons. The standard InChI is InChI=1S/C8H14N4/c1-12-6-10-11-8(12)4-5-9-7-2-3-7/h6-7,9H,2-5H2,1H3. The van der Waals surface area contributed by atoms with Gasteiger partial charge in [-0.3, -0.25) is 0 Å². The molecule has 1 saturated carbocycles. The number of hydrogen-bond donors (Lipinski definition) is 1. The van der Waals surface area contributed by atoms with Crippen molar-refractivity contribution in [3.05, 3.63) is 12.2 Å². The van der Waals surface area contributed by atoms with Crippen LogP contribution in [0.4, 0.5) is 0 Å². The molecule has 0 spiro atoms. The van der Waals surface area contributed by atoms with E-state index in [0.29, 0.717) is 0 Å². The Labute approximate surface area is 72.0 Å². The lowest BCUT2D eigenvalue weighted by atomic mass is 10.4. The second-order valence-electron chi connectivity index (χ2n) is 3.34. The largest absolute Gasteiger partial charge is 0.321 e. The third-order valence-corrected chi connectivity index (χ3v) is 2.16. The lowest BCUT2D eigenvalue weighted by molar-refractivity contribution is 0.650. The minimum atomic E-state index is 0.790. The molecule has 4 heteroatoms. The summed E-state index contributed by atoms with van der Waals surface area (Å²) < 4.78 is 1.97. The van der Waals surface area contributed by atoms with Crippen LogP contribution in [0, 0.1) is 0 Å². The molecule has 1 aromatic heterocycles. The van der Waals surface area contributed by atoms with E-state index >= 15 is 0 Å². The summed E-state index contributed by atoms with van der Waals surface area (Å²) in [5.41, 5.74) is 0. The van der Waals surface area contributed by atoms with E-state index in [0.717, 1.165) is 24.8 Å². The Kier molecular flexibility index (Phi) is 2.08. The minimum absolute atomic E-state index is 0.790. The molecule has 2 rings (SSSR count). The first kappa shape index (κ1) is 7.73. The molecule has 0 aliphatic heterocycles. The van der Waals surface area contributed by atoms with Gasteiger partial charge in [-0.05, 0) is 12.8 Å². The molecule has 1 fully saturated rings. The number of aromatic nitrogens is 3. The van der Waals surface area contributed by atoms with Crippen LogP contribution in [0.1, 0.15) is 18.7 Å². The fraction of sp³-hybridized carbons (Fsp3) is 0.750. The lowest BCUT2D eigenvalue weighted by Gasteiger charge is -2.01. The zero-order valence-corrected chi connectivity index (χ0v) is 7.32. The van der Waals surface area contributed by atoms with Crippen LogP contribution in [0.5, 0.6) is 0 Å². The summed E-state index contributed by atoms with van der Waals surface area (Å²) in [5, 5.41) is 11.3. The maximum atomic E-state index is 4.01. The zero-order chi connectivity index (χ0) is 8.39. The predicted octanol–water partition coefficient (Wildman–Crippen LogP) is 0.110. The molecule has 0 saturated heterocycles. The number of nitrogens with zero attached hydrogens (tertiary/aromatic N) is 3.